The van der Waals surface area contributed by atoms with Crippen LogP contribution in [0.1, 0.15) is 6.42 Å². The molecule has 0 fully saturated rings. The molecule has 0 heterocycles. The molecule has 108 valence electrons. The first kappa shape index (κ1) is 18.0. The number of hydrogen-bond donors (Lipinski definition) is 0. The van der Waals surface area contributed by atoms with Gasteiger partial charge in [-0.05, 0) is 13.0 Å². The Morgan fingerprint density at radius 2 is 1.37 bits per heavy atom. The predicted molar refractivity (Wildman–Crippen MR) is 75.6 cm³/mol. The van der Waals surface area contributed by atoms with Crippen LogP contribution in [-0.2, 0) is 13.3 Å². The average molecular weight is 285 g/mol. The smallest absolute Gasteiger partial charge is 0.377 e. The molecular formula is C12H23N3O3Si. The van der Waals surface area contributed by atoms with Crippen molar-refractivity contribution in [3.8, 4) is 0 Å². The Labute approximate surface area is 117 Å². The van der Waals surface area contributed by atoms with Crippen molar-refractivity contribution < 1.29 is 13.3 Å². The highest BCUT2D eigenvalue weighted by atomic mass is 28.4. The Bertz CT molecular complexity index is 284. The van der Waals surface area contributed by atoms with Crippen molar-refractivity contribution >= 4 is 8.80 Å². The first-order chi connectivity index (χ1) is 9.17. The monoisotopic (exact) mass is 285 g/mol. The summed E-state index contributed by atoms with van der Waals surface area (Å²) in [5.41, 5.74) is 0. The molecule has 0 aromatic rings. The van der Waals surface area contributed by atoms with Crippen LogP contribution < -0.4 is 0 Å². The molecule has 0 amide bonds. The summed E-state index contributed by atoms with van der Waals surface area (Å²) in [4.78, 5) is 8.84. The van der Waals surface area contributed by atoms with Gasteiger partial charge < -0.3 is 23.0 Å². The van der Waals surface area contributed by atoms with Crippen LogP contribution in [0, 0.1) is 13.1 Å². The summed E-state index contributed by atoms with van der Waals surface area (Å²) >= 11 is 0. The maximum absolute atomic E-state index is 6.82. The van der Waals surface area contributed by atoms with Crippen molar-refractivity contribution in [2.75, 3.05) is 54.1 Å². The number of nitrogens with zero attached hydrogens (tertiary/aromatic N) is 3. The molecule has 0 aromatic heterocycles. The lowest BCUT2D eigenvalue weighted by Gasteiger charge is -2.25. The van der Waals surface area contributed by atoms with Crippen molar-refractivity contribution in [3.05, 3.63) is 22.8 Å². The fourth-order valence-electron chi connectivity index (χ4n) is 1.79. The van der Waals surface area contributed by atoms with Crippen molar-refractivity contribution in [3.63, 3.8) is 0 Å². The third-order valence-corrected chi connectivity index (χ3v) is 5.78. The van der Waals surface area contributed by atoms with Crippen molar-refractivity contribution in [2.45, 2.75) is 12.5 Å². The number of hydrogen-bond acceptors (Lipinski definition) is 4. The van der Waals surface area contributed by atoms with Gasteiger partial charge in [-0.1, -0.05) is 0 Å². The van der Waals surface area contributed by atoms with Crippen molar-refractivity contribution in [1.82, 2.24) is 4.90 Å². The van der Waals surface area contributed by atoms with Crippen molar-refractivity contribution in [2.24, 2.45) is 0 Å². The standard InChI is InChI=1S/C12H23N3O3Si/c1-13-7-10-15(11-8-14-2)9-6-12-19(16-3,17-4)18-5/h6-12H2,3-5H3. The summed E-state index contributed by atoms with van der Waals surface area (Å²) in [5, 5.41) is 0. The number of rotatable bonds is 11. The van der Waals surface area contributed by atoms with E-state index in [1.165, 1.54) is 0 Å². The van der Waals surface area contributed by atoms with Gasteiger partial charge in [0.1, 0.15) is 0 Å². The molecule has 19 heavy (non-hydrogen) atoms. The second-order valence-electron chi connectivity index (χ2n) is 4.00. The van der Waals surface area contributed by atoms with Crippen LogP contribution in [0.4, 0.5) is 0 Å². The van der Waals surface area contributed by atoms with Crippen LogP contribution >= 0.6 is 0 Å². The quantitative estimate of drug-likeness (QED) is 0.425. The van der Waals surface area contributed by atoms with E-state index in [1.54, 1.807) is 21.3 Å². The second-order valence-corrected chi connectivity index (χ2v) is 7.09. The molecular weight excluding hydrogens is 262 g/mol. The lowest BCUT2D eigenvalue weighted by molar-refractivity contribution is 0.121. The molecule has 0 saturated heterocycles. The Morgan fingerprint density at radius 3 is 1.74 bits per heavy atom. The minimum absolute atomic E-state index is 0.472. The van der Waals surface area contributed by atoms with E-state index < -0.39 is 8.80 Å². The topological polar surface area (TPSA) is 39.7 Å². The van der Waals surface area contributed by atoms with Crippen molar-refractivity contribution in [1.29, 1.82) is 0 Å². The molecule has 0 spiro atoms. The zero-order valence-electron chi connectivity index (χ0n) is 12.0. The van der Waals surface area contributed by atoms with E-state index in [4.69, 9.17) is 26.4 Å². The van der Waals surface area contributed by atoms with Crippen LogP contribution in [0.3, 0.4) is 0 Å². The van der Waals surface area contributed by atoms with Crippen LogP contribution in [0.5, 0.6) is 0 Å². The maximum atomic E-state index is 6.82. The average Bonchev–Trinajstić information content (AvgIpc) is 2.46. The van der Waals surface area contributed by atoms with E-state index in [0.717, 1.165) is 19.0 Å². The highest BCUT2D eigenvalue weighted by molar-refractivity contribution is 6.60. The van der Waals surface area contributed by atoms with Gasteiger partial charge in [-0.15, -0.1) is 0 Å². The fraction of sp³-hybridized carbons (Fsp3) is 0.833. The molecule has 0 saturated carbocycles. The zero-order valence-corrected chi connectivity index (χ0v) is 13.0. The molecule has 0 N–H and O–H groups in total. The largest absolute Gasteiger partial charge is 0.500 e. The Morgan fingerprint density at radius 1 is 0.895 bits per heavy atom. The van der Waals surface area contributed by atoms with E-state index in [-0.39, 0.29) is 0 Å². The van der Waals surface area contributed by atoms with Crippen LogP contribution in [0.2, 0.25) is 6.04 Å². The zero-order chi connectivity index (χ0) is 14.6. The van der Waals surface area contributed by atoms with Crippen LogP contribution in [-0.4, -0.2) is 67.8 Å². The van der Waals surface area contributed by atoms with E-state index in [0.29, 0.717) is 26.2 Å². The summed E-state index contributed by atoms with van der Waals surface area (Å²) in [5.74, 6) is 0. The Kier molecular flexibility index (Phi) is 10.4. The highest BCUT2D eigenvalue weighted by Gasteiger charge is 2.37. The molecule has 0 atom stereocenters. The first-order valence-electron chi connectivity index (χ1n) is 6.22. The summed E-state index contributed by atoms with van der Waals surface area (Å²) in [6.45, 7) is 16.8. The molecule has 0 aliphatic heterocycles. The van der Waals surface area contributed by atoms with Gasteiger partial charge in [-0.2, -0.15) is 0 Å². The van der Waals surface area contributed by atoms with Gasteiger partial charge in [0.05, 0.1) is 13.1 Å². The molecule has 0 aliphatic rings. The van der Waals surface area contributed by atoms with Crippen LogP contribution in [0.15, 0.2) is 0 Å². The van der Waals surface area contributed by atoms with Gasteiger partial charge >= 0.3 is 8.80 Å². The first-order valence-corrected chi connectivity index (χ1v) is 8.15. The van der Waals surface area contributed by atoms with E-state index in [2.05, 4.69) is 14.6 Å². The molecule has 7 heteroatoms. The van der Waals surface area contributed by atoms with Gasteiger partial charge in [0.15, 0.2) is 0 Å². The molecule has 6 nitrogen and oxygen atoms in total. The van der Waals surface area contributed by atoms with E-state index in [1.807, 2.05) is 0 Å². The predicted octanol–water partition coefficient (Wildman–Crippen LogP) is 1.40. The Balaban J connectivity index is 4.16. The van der Waals surface area contributed by atoms with E-state index in [9.17, 15) is 0 Å². The Hall–Kier alpha value is -0.963. The molecule has 0 radical (unpaired) electrons. The highest BCUT2D eigenvalue weighted by Crippen LogP contribution is 2.15. The lowest BCUT2D eigenvalue weighted by atomic mass is 10.4. The van der Waals surface area contributed by atoms with Gasteiger partial charge in [-0.25, -0.2) is 13.1 Å². The SMILES string of the molecule is [C-]#[N+]CCN(CCC[Si](OC)(OC)OC)CC[N+]#[C-]. The molecule has 0 aliphatic carbocycles. The second kappa shape index (κ2) is 10.9. The lowest BCUT2D eigenvalue weighted by Crippen LogP contribution is -2.43. The van der Waals surface area contributed by atoms with Crippen LogP contribution in [0.25, 0.3) is 9.69 Å². The van der Waals surface area contributed by atoms with Gasteiger partial charge in [0.2, 0.25) is 13.1 Å². The van der Waals surface area contributed by atoms with Gasteiger partial charge in [-0.3, -0.25) is 4.90 Å². The fourth-order valence-corrected chi connectivity index (χ4v) is 3.50. The molecule has 0 rings (SSSR count). The molecule has 0 aromatic carbocycles. The summed E-state index contributed by atoms with van der Waals surface area (Å²) < 4.78 is 16.1. The van der Waals surface area contributed by atoms with E-state index >= 15 is 0 Å². The third kappa shape index (κ3) is 7.26. The third-order valence-electron chi connectivity index (χ3n) is 2.95. The summed E-state index contributed by atoms with van der Waals surface area (Å²) in [7, 11) is 2.32. The normalized spacial score (nSPS) is 11.3. The molecule has 0 unspecified atom stereocenters. The summed E-state index contributed by atoms with van der Waals surface area (Å²) in [6, 6.07) is 0.739. The minimum Gasteiger partial charge on any atom is -0.377 e. The molecule has 0 bridgehead atoms. The van der Waals surface area contributed by atoms with Gasteiger partial charge in [0.25, 0.3) is 0 Å². The van der Waals surface area contributed by atoms with Gasteiger partial charge in [0, 0.05) is 27.4 Å². The summed E-state index contributed by atoms with van der Waals surface area (Å²) in [6.07, 6.45) is 0.873. The maximum Gasteiger partial charge on any atom is 0.500 e. The minimum atomic E-state index is -2.49.